The second-order valence-electron chi connectivity index (χ2n) is 5.25. The van der Waals surface area contributed by atoms with Crippen LogP contribution in [0.3, 0.4) is 0 Å². The average Bonchev–Trinajstić information content (AvgIpc) is 2.84. The molecule has 3 nitrogen and oxygen atoms in total. The third-order valence-electron chi connectivity index (χ3n) is 4.07. The lowest BCUT2D eigenvalue weighted by Crippen LogP contribution is -2.03. The summed E-state index contributed by atoms with van der Waals surface area (Å²) < 4.78 is 11.1. The standard InChI is InChI=1S/C18H14O3/c1-20-12-7-8-13-11(10-12)6-9-16-17(18(13)19)14-4-2-3-5-15(14)21-16/h2-5,7-8,10H,6,9H2,1H3. The molecule has 1 heterocycles. The van der Waals surface area contributed by atoms with Crippen molar-refractivity contribution in [3.05, 3.63) is 64.9 Å². The van der Waals surface area contributed by atoms with Crippen LogP contribution in [0.4, 0.5) is 0 Å². The van der Waals surface area contributed by atoms with Crippen molar-refractivity contribution in [2.45, 2.75) is 12.8 Å². The van der Waals surface area contributed by atoms with Gasteiger partial charge in [0.2, 0.25) is 0 Å². The van der Waals surface area contributed by atoms with Gasteiger partial charge in [0.15, 0.2) is 5.78 Å². The van der Waals surface area contributed by atoms with Crippen LogP contribution in [0.15, 0.2) is 46.9 Å². The molecule has 1 aromatic heterocycles. The van der Waals surface area contributed by atoms with Gasteiger partial charge in [-0.3, -0.25) is 4.79 Å². The van der Waals surface area contributed by atoms with Crippen molar-refractivity contribution < 1.29 is 13.9 Å². The molecule has 0 atom stereocenters. The van der Waals surface area contributed by atoms with Gasteiger partial charge in [-0.05, 0) is 36.2 Å². The first-order chi connectivity index (χ1) is 10.3. The number of fused-ring (bicyclic) bond motifs is 4. The molecule has 0 amide bonds. The Kier molecular flexibility index (Phi) is 2.61. The van der Waals surface area contributed by atoms with E-state index in [-0.39, 0.29) is 5.78 Å². The normalized spacial score (nSPS) is 13.7. The van der Waals surface area contributed by atoms with E-state index < -0.39 is 0 Å². The maximum absolute atomic E-state index is 12.9. The number of aryl methyl sites for hydroxylation is 2. The number of carbonyl (C=O) groups excluding carboxylic acids is 1. The number of rotatable bonds is 1. The van der Waals surface area contributed by atoms with E-state index in [1.165, 1.54) is 0 Å². The van der Waals surface area contributed by atoms with Crippen LogP contribution in [0.25, 0.3) is 11.0 Å². The summed E-state index contributed by atoms with van der Waals surface area (Å²) in [5.74, 6) is 1.62. The third-order valence-corrected chi connectivity index (χ3v) is 4.07. The summed E-state index contributed by atoms with van der Waals surface area (Å²) in [5, 5.41) is 0.904. The first-order valence-electron chi connectivity index (χ1n) is 7.00. The fraction of sp³-hybridized carbons (Fsp3) is 0.167. The molecule has 2 aromatic carbocycles. The molecule has 3 aromatic rings. The highest BCUT2D eigenvalue weighted by Gasteiger charge is 2.26. The minimum atomic E-state index is 0.0464. The van der Waals surface area contributed by atoms with Crippen molar-refractivity contribution in [2.75, 3.05) is 7.11 Å². The topological polar surface area (TPSA) is 39.4 Å². The Labute approximate surface area is 122 Å². The van der Waals surface area contributed by atoms with E-state index in [9.17, 15) is 4.79 Å². The van der Waals surface area contributed by atoms with Crippen LogP contribution in [0.1, 0.15) is 27.2 Å². The minimum absolute atomic E-state index is 0.0464. The number of furan rings is 1. The molecule has 0 saturated heterocycles. The predicted octanol–water partition coefficient (Wildman–Crippen LogP) is 3.77. The van der Waals surface area contributed by atoms with E-state index in [4.69, 9.17) is 9.15 Å². The monoisotopic (exact) mass is 278 g/mol. The van der Waals surface area contributed by atoms with Gasteiger partial charge < -0.3 is 9.15 Å². The van der Waals surface area contributed by atoms with Gasteiger partial charge in [-0.1, -0.05) is 18.2 Å². The molecule has 3 heteroatoms. The highest BCUT2D eigenvalue weighted by molar-refractivity contribution is 6.17. The maximum Gasteiger partial charge on any atom is 0.197 e. The molecular formula is C18H14O3. The van der Waals surface area contributed by atoms with Crippen LogP contribution >= 0.6 is 0 Å². The van der Waals surface area contributed by atoms with E-state index in [0.29, 0.717) is 0 Å². The zero-order valence-electron chi connectivity index (χ0n) is 11.7. The van der Waals surface area contributed by atoms with Crippen LogP contribution in [-0.4, -0.2) is 12.9 Å². The minimum Gasteiger partial charge on any atom is -0.497 e. The summed E-state index contributed by atoms with van der Waals surface area (Å²) in [6, 6.07) is 13.4. The fourth-order valence-electron chi connectivity index (χ4n) is 3.03. The molecule has 0 fully saturated rings. The van der Waals surface area contributed by atoms with Crippen molar-refractivity contribution in [2.24, 2.45) is 0 Å². The Morgan fingerprint density at radius 2 is 1.95 bits per heavy atom. The average molecular weight is 278 g/mol. The summed E-state index contributed by atoms with van der Waals surface area (Å²) in [4.78, 5) is 12.9. The molecule has 1 aliphatic rings. The van der Waals surface area contributed by atoms with Crippen LogP contribution < -0.4 is 4.74 Å². The van der Waals surface area contributed by atoms with E-state index in [2.05, 4.69) is 0 Å². The van der Waals surface area contributed by atoms with Gasteiger partial charge in [0.1, 0.15) is 17.1 Å². The number of hydrogen-bond donors (Lipinski definition) is 0. The van der Waals surface area contributed by atoms with E-state index in [1.807, 2.05) is 42.5 Å². The lowest BCUT2D eigenvalue weighted by molar-refractivity contribution is 0.103. The lowest BCUT2D eigenvalue weighted by atomic mass is 9.98. The second kappa shape index (κ2) is 4.48. The molecule has 0 bridgehead atoms. The molecule has 0 spiro atoms. The highest BCUT2D eigenvalue weighted by atomic mass is 16.5. The van der Waals surface area contributed by atoms with Gasteiger partial charge >= 0.3 is 0 Å². The summed E-state index contributed by atoms with van der Waals surface area (Å²) in [5.41, 5.74) is 3.28. The largest absolute Gasteiger partial charge is 0.497 e. The summed E-state index contributed by atoms with van der Waals surface area (Å²) in [6.45, 7) is 0. The zero-order chi connectivity index (χ0) is 14.4. The molecule has 0 radical (unpaired) electrons. The highest BCUT2D eigenvalue weighted by Crippen LogP contribution is 2.33. The smallest absolute Gasteiger partial charge is 0.197 e. The van der Waals surface area contributed by atoms with Crippen molar-refractivity contribution in [1.82, 2.24) is 0 Å². The SMILES string of the molecule is COc1ccc2c(c1)CCc1oc3ccccc3c1C2=O. The number of methoxy groups -OCH3 is 1. The first kappa shape index (κ1) is 12.2. The van der Waals surface area contributed by atoms with E-state index in [1.54, 1.807) is 7.11 Å². The summed E-state index contributed by atoms with van der Waals surface area (Å²) in [6.07, 6.45) is 1.51. The second-order valence-corrected chi connectivity index (χ2v) is 5.25. The van der Waals surface area contributed by atoms with E-state index in [0.717, 1.165) is 52.0 Å². The molecule has 104 valence electrons. The van der Waals surface area contributed by atoms with Crippen molar-refractivity contribution in [3.63, 3.8) is 0 Å². The third kappa shape index (κ3) is 1.77. The summed E-state index contributed by atoms with van der Waals surface area (Å²) >= 11 is 0. The van der Waals surface area contributed by atoms with Gasteiger partial charge in [-0.25, -0.2) is 0 Å². The number of ketones is 1. The van der Waals surface area contributed by atoms with Crippen molar-refractivity contribution in [1.29, 1.82) is 0 Å². The van der Waals surface area contributed by atoms with Gasteiger partial charge in [-0.2, -0.15) is 0 Å². The molecule has 1 aliphatic carbocycles. The van der Waals surface area contributed by atoms with E-state index >= 15 is 0 Å². The Balaban J connectivity index is 1.95. The summed E-state index contributed by atoms with van der Waals surface area (Å²) in [7, 11) is 1.64. The first-order valence-corrected chi connectivity index (χ1v) is 7.00. The number of carbonyl (C=O) groups is 1. The fourth-order valence-corrected chi connectivity index (χ4v) is 3.03. The zero-order valence-corrected chi connectivity index (χ0v) is 11.7. The molecule has 0 aliphatic heterocycles. The molecule has 21 heavy (non-hydrogen) atoms. The lowest BCUT2D eigenvalue weighted by Gasteiger charge is -2.07. The number of ether oxygens (including phenoxy) is 1. The Hall–Kier alpha value is -2.55. The molecular weight excluding hydrogens is 264 g/mol. The van der Waals surface area contributed by atoms with Gasteiger partial charge in [0.05, 0.1) is 12.7 Å². The quantitative estimate of drug-likeness (QED) is 0.680. The molecule has 4 rings (SSSR count). The van der Waals surface area contributed by atoms with Gasteiger partial charge in [0, 0.05) is 17.4 Å². The molecule has 0 saturated carbocycles. The Morgan fingerprint density at radius 1 is 1.10 bits per heavy atom. The Bertz CT molecular complexity index is 858. The van der Waals surface area contributed by atoms with Gasteiger partial charge in [-0.15, -0.1) is 0 Å². The van der Waals surface area contributed by atoms with Crippen LogP contribution in [0.2, 0.25) is 0 Å². The predicted molar refractivity (Wildman–Crippen MR) is 80.0 cm³/mol. The number of para-hydroxylation sites is 1. The van der Waals surface area contributed by atoms with Gasteiger partial charge in [0.25, 0.3) is 0 Å². The molecule has 0 unspecified atom stereocenters. The molecule has 0 N–H and O–H groups in total. The number of hydrogen-bond acceptors (Lipinski definition) is 3. The van der Waals surface area contributed by atoms with Crippen molar-refractivity contribution in [3.8, 4) is 5.75 Å². The van der Waals surface area contributed by atoms with Crippen LogP contribution in [-0.2, 0) is 12.8 Å². The van der Waals surface area contributed by atoms with Crippen LogP contribution in [0, 0.1) is 0 Å². The number of benzene rings is 2. The van der Waals surface area contributed by atoms with Crippen LogP contribution in [0.5, 0.6) is 5.75 Å². The maximum atomic E-state index is 12.9. The van der Waals surface area contributed by atoms with Crippen molar-refractivity contribution >= 4 is 16.8 Å². The Morgan fingerprint density at radius 3 is 2.81 bits per heavy atom.